The zero-order valence-electron chi connectivity index (χ0n) is 15.7. The van der Waals surface area contributed by atoms with Crippen molar-refractivity contribution in [1.29, 1.82) is 0 Å². The van der Waals surface area contributed by atoms with Gasteiger partial charge in [-0.25, -0.2) is 8.42 Å². The monoisotopic (exact) mass is 378 g/mol. The molecule has 1 N–H and O–H groups in total. The molecule has 0 aliphatic rings. The van der Waals surface area contributed by atoms with Gasteiger partial charge in [-0.3, -0.25) is 4.79 Å². The van der Waals surface area contributed by atoms with Gasteiger partial charge in [-0.2, -0.15) is 0 Å². The zero-order valence-corrected chi connectivity index (χ0v) is 16.5. The van der Waals surface area contributed by atoms with Gasteiger partial charge < -0.3 is 9.84 Å². The fourth-order valence-electron chi connectivity index (χ4n) is 2.74. The second kappa shape index (κ2) is 8.49. The summed E-state index contributed by atoms with van der Waals surface area (Å²) >= 11 is 0. The van der Waals surface area contributed by atoms with Crippen LogP contribution in [0, 0.1) is 12.8 Å². The number of aryl methyl sites for hydroxylation is 1. The van der Waals surface area contributed by atoms with Crippen molar-refractivity contribution in [3.8, 4) is 0 Å². The molecule has 1 aromatic heterocycles. The summed E-state index contributed by atoms with van der Waals surface area (Å²) in [6, 6.07) is 9.31. The smallest absolute Gasteiger partial charge is 0.235 e. The first-order valence-corrected chi connectivity index (χ1v) is 10.5. The van der Waals surface area contributed by atoms with Crippen LogP contribution in [-0.2, 0) is 26.8 Å². The number of benzene rings is 1. The second-order valence-corrected chi connectivity index (χ2v) is 9.15. The molecule has 1 unspecified atom stereocenters. The predicted molar refractivity (Wildman–Crippen MR) is 100 cm³/mol. The number of aromatic nitrogens is 1. The van der Waals surface area contributed by atoms with E-state index in [9.17, 15) is 13.2 Å². The zero-order chi connectivity index (χ0) is 19.3. The van der Waals surface area contributed by atoms with E-state index in [4.69, 9.17) is 4.52 Å². The van der Waals surface area contributed by atoms with Gasteiger partial charge in [0.1, 0.15) is 11.5 Å². The quantitative estimate of drug-likeness (QED) is 0.763. The van der Waals surface area contributed by atoms with Crippen molar-refractivity contribution in [2.24, 2.45) is 5.92 Å². The highest BCUT2D eigenvalue weighted by Gasteiger charge is 2.21. The number of carbonyl (C=O) groups is 1. The van der Waals surface area contributed by atoms with E-state index in [0.29, 0.717) is 17.4 Å². The first-order valence-electron chi connectivity index (χ1n) is 8.65. The number of carbonyl (C=O) groups excluding carboxylic acids is 1. The summed E-state index contributed by atoms with van der Waals surface area (Å²) in [5.41, 5.74) is 2.49. The maximum Gasteiger partial charge on any atom is 0.235 e. The van der Waals surface area contributed by atoms with Crippen molar-refractivity contribution >= 4 is 15.7 Å². The van der Waals surface area contributed by atoms with Crippen LogP contribution < -0.4 is 5.32 Å². The van der Waals surface area contributed by atoms with E-state index in [2.05, 4.69) is 24.3 Å². The minimum Gasteiger partial charge on any atom is -0.361 e. The molecular formula is C19H26N2O4S. The van der Waals surface area contributed by atoms with Gasteiger partial charge in [0.2, 0.25) is 5.91 Å². The molecule has 1 atom stereocenters. The maximum absolute atomic E-state index is 12.1. The Morgan fingerprint density at radius 3 is 2.38 bits per heavy atom. The molecule has 0 spiro atoms. The summed E-state index contributed by atoms with van der Waals surface area (Å²) in [4.78, 5) is 12.1. The summed E-state index contributed by atoms with van der Waals surface area (Å²) in [7, 11) is -3.60. The normalized spacial score (nSPS) is 13.0. The number of sulfone groups is 1. The summed E-state index contributed by atoms with van der Waals surface area (Å²) in [5, 5.41) is 6.40. The van der Waals surface area contributed by atoms with E-state index < -0.39 is 21.5 Å². The maximum atomic E-state index is 12.1. The average molecular weight is 378 g/mol. The van der Waals surface area contributed by atoms with Crippen LogP contribution in [0.1, 0.15) is 49.4 Å². The summed E-state index contributed by atoms with van der Waals surface area (Å²) in [6.07, 6.45) is 1.00. The highest BCUT2D eigenvalue weighted by atomic mass is 32.2. The van der Waals surface area contributed by atoms with E-state index in [1.54, 1.807) is 13.0 Å². The molecule has 1 heterocycles. The predicted octanol–water partition coefficient (Wildman–Crippen LogP) is 2.97. The van der Waals surface area contributed by atoms with Gasteiger partial charge in [0.15, 0.2) is 9.84 Å². The molecule has 0 aliphatic carbocycles. The highest BCUT2D eigenvalue weighted by Crippen LogP contribution is 2.16. The minimum absolute atomic E-state index is 0.264. The molecular weight excluding hydrogens is 352 g/mol. The average Bonchev–Trinajstić information content (AvgIpc) is 2.90. The Kier molecular flexibility index (Phi) is 6.58. The van der Waals surface area contributed by atoms with E-state index in [1.165, 1.54) is 5.56 Å². The highest BCUT2D eigenvalue weighted by molar-refractivity contribution is 7.91. The summed E-state index contributed by atoms with van der Waals surface area (Å²) in [5.74, 6) is -0.292. The van der Waals surface area contributed by atoms with Gasteiger partial charge in [-0.15, -0.1) is 0 Å². The molecule has 0 saturated carbocycles. The van der Waals surface area contributed by atoms with E-state index >= 15 is 0 Å². The third-order valence-electron chi connectivity index (χ3n) is 3.90. The molecule has 0 saturated heterocycles. The van der Waals surface area contributed by atoms with Gasteiger partial charge in [-0.05, 0) is 37.3 Å². The number of hydrogen-bond acceptors (Lipinski definition) is 5. The van der Waals surface area contributed by atoms with Crippen molar-refractivity contribution in [1.82, 2.24) is 10.5 Å². The topological polar surface area (TPSA) is 89.3 Å². The van der Waals surface area contributed by atoms with Crippen LogP contribution in [0.5, 0.6) is 0 Å². The Labute approximate surface area is 154 Å². The molecule has 2 rings (SSSR count). The van der Waals surface area contributed by atoms with Crippen LogP contribution >= 0.6 is 0 Å². The van der Waals surface area contributed by atoms with Crippen LogP contribution in [0.4, 0.5) is 0 Å². The van der Waals surface area contributed by atoms with Gasteiger partial charge >= 0.3 is 0 Å². The van der Waals surface area contributed by atoms with Crippen LogP contribution in [0.25, 0.3) is 0 Å². The van der Waals surface area contributed by atoms with Crippen molar-refractivity contribution < 1.29 is 17.7 Å². The van der Waals surface area contributed by atoms with Crippen molar-refractivity contribution in [2.45, 2.75) is 45.9 Å². The fourth-order valence-corrected chi connectivity index (χ4v) is 3.91. The third kappa shape index (κ3) is 6.29. The van der Waals surface area contributed by atoms with Gasteiger partial charge in [-0.1, -0.05) is 43.3 Å². The largest absolute Gasteiger partial charge is 0.361 e. The van der Waals surface area contributed by atoms with E-state index in [1.807, 2.05) is 31.2 Å². The molecule has 0 fully saturated rings. The lowest BCUT2D eigenvalue weighted by Crippen LogP contribution is -2.32. The molecule has 0 radical (unpaired) electrons. The lowest BCUT2D eigenvalue weighted by Gasteiger charge is -2.15. The molecule has 0 bridgehead atoms. The van der Waals surface area contributed by atoms with Crippen LogP contribution in [-0.4, -0.2) is 25.2 Å². The van der Waals surface area contributed by atoms with E-state index in [-0.39, 0.29) is 11.8 Å². The Bertz CT molecular complexity index is 839. The Morgan fingerprint density at radius 2 is 1.85 bits per heavy atom. The first-order chi connectivity index (χ1) is 12.1. The summed E-state index contributed by atoms with van der Waals surface area (Å²) < 4.78 is 29.1. The Morgan fingerprint density at radius 1 is 1.19 bits per heavy atom. The first kappa shape index (κ1) is 20.2. The minimum atomic E-state index is -3.60. The van der Waals surface area contributed by atoms with Gasteiger partial charge in [0, 0.05) is 6.07 Å². The van der Waals surface area contributed by atoms with Crippen molar-refractivity contribution in [3.63, 3.8) is 0 Å². The number of nitrogens with zero attached hydrogens (tertiary/aromatic N) is 1. The van der Waals surface area contributed by atoms with Crippen molar-refractivity contribution in [3.05, 3.63) is 52.9 Å². The van der Waals surface area contributed by atoms with E-state index in [0.717, 1.165) is 12.0 Å². The number of hydrogen-bond donors (Lipinski definition) is 1. The fraction of sp³-hybridized carbons (Fsp3) is 0.474. The molecule has 142 valence electrons. The van der Waals surface area contributed by atoms with Crippen LogP contribution in [0.3, 0.4) is 0 Å². The molecule has 2 aromatic rings. The number of rotatable bonds is 8. The lowest BCUT2D eigenvalue weighted by molar-refractivity contribution is -0.119. The Hall–Kier alpha value is -2.15. The van der Waals surface area contributed by atoms with Crippen LogP contribution in [0.2, 0.25) is 0 Å². The van der Waals surface area contributed by atoms with Gasteiger partial charge in [0.05, 0.1) is 17.5 Å². The Balaban J connectivity index is 1.91. The lowest BCUT2D eigenvalue weighted by atomic mass is 10.00. The molecule has 1 aromatic carbocycles. The van der Waals surface area contributed by atoms with Crippen molar-refractivity contribution in [2.75, 3.05) is 5.75 Å². The second-order valence-electron chi connectivity index (χ2n) is 7.09. The number of nitrogens with one attached hydrogen (secondary N) is 1. The molecule has 7 heteroatoms. The standard InChI is InChI=1S/C19H26N2O4S/c1-13(2)9-16-5-7-17(8-6-16)15(4)20-19(22)12-26(23,24)11-18-10-14(3)25-21-18/h5-8,10,13,15H,9,11-12H2,1-4H3,(H,20,22). The number of amides is 1. The molecule has 6 nitrogen and oxygen atoms in total. The SMILES string of the molecule is Cc1cc(CS(=O)(=O)CC(=O)NC(C)c2ccc(CC(C)C)cc2)no1. The third-order valence-corrected chi connectivity index (χ3v) is 5.33. The molecule has 26 heavy (non-hydrogen) atoms. The molecule has 1 amide bonds. The molecule has 0 aliphatic heterocycles. The summed E-state index contributed by atoms with van der Waals surface area (Å²) in [6.45, 7) is 7.85. The van der Waals surface area contributed by atoms with Crippen LogP contribution in [0.15, 0.2) is 34.9 Å². The van der Waals surface area contributed by atoms with Gasteiger partial charge in [0.25, 0.3) is 0 Å².